The third-order valence-electron chi connectivity index (χ3n) is 1.89. The molecule has 3 nitrogen and oxygen atoms in total. The zero-order chi connectivity index (χ0) is 9.68. The van der Waals surface area contributed by atoms with Crippen molar-refractivity contribution in [1.29, 1.82) is 0 Å². The molecular weight excluding hydrogens is 164 g/mol. The minimum atomic E-state index is 0.307. The van der Waals surface area contributed by atoms with Gasteiger partial charge in [-0.05, 0) is 45.6 Å². The van der Waals surface area contributed by atoms with E-state index in [1.807, 2.05) is 14.1 Å². The van der Waals surface area contributed by atoms with Crippen LogP contribution in [0.2, 0.25) is 0 Å². The molecule has 0 unspecified atom stereocenters. The Labute approximate surface area is 79.0 Å². The molecule has 0 spiro atoms. The maximum atomic E-state index is 9.40. The fraction of sp³-hybridized carbons (Fsp3) is 0.500. The average molecular weight is 180 g/mol. The lowest BCUT2D eigenvalue weighted by Crippen LogP contribution is -2.13. The van der Waals surface area contributed by atoms with Gasteiger partial charge in [-0.3, -0.25) is 4.98 Å². The summed E-state index contributed by atoms with van der Waals surface area (Å²) in [7, 11) is 4.08. The van der Waals surface area contributed by atoms with Crippen molar-refractivity contribution in [3.63, 3.8) is 0 Å². The molecule has 0 aliphatic heterocycles. The van der Waals surface area contributed by atoms with E-state index < -0.39 is 0 Å². The van der Waals surface area contributed by atoms with Gasteiger partial charge in [0.05, 0.1) is 5.69 Å². The molecule has 72 valence electrons. The Morgan fingerprint density at radius 3 is 2.85 bits per heavy atom. The molecule has 3 heteroatoms. The summed E-state index contributed by atoms with van der Waals surface area (Å²) in [5.41, 5.74) is 0.796. The summed E-state index contributed by atoms with van der Waals surface area (Å²) in [6.45, 7) is 1.02. The maximum absolute atomic E-state index is 9.40. The van der Waals surface area contributed by atoms with Crippen molar-refractivity contribution in [2.45, 2.75) is 12.8 Å². The molecule has 0 aliphatic rings. The Balaban J connectivity index is 2.41. The van der Waals surface area contributed by atoms with Crippen molar-refractivity contribution in [3.05, 3.63) is 24.0 Å². The molecule has 1 aromatic rings. The van der Waals surface area contributed by atoms with Gasteiger partial charge in [-0.25, -0.2) is 0 Å². The van der Waals surface area contributed by atoms with Gasteiger partial charge in [-0.15, -0.1) is 0 Å². The van der Waals surface area contributed by atoms with Crippen LogP contribution in [0.3, 0.4) is 0 Å². The topological polar surface area (TPSA) is 36.4 Å². The van der Waals surface area contributed by atoms with Crippen LogP contribution in [0.4, 0.5) is 0 Å². The number of hydrogen-bond donors (Lipinski definition) is 1. The first-order valence-corrected chi connectivity index (χ1v) is 4.47. The summed E-state index contributed by atoms with van der Waals surface area (Å²) in [4.78, 5) is 6.23. The number of aromatic hydroxyl groups is 1. The van der Waals surface area contributed by atoms with Crippen LogP contribution in [0.25, 0.3) is 0 Å². The molecule has 1 N–H and O–H groups in total. The molecule has 0 fully saturated rings. The van der Waals surface area contributed by atoms with Gasteiger partial charge in [0.1, 0.15) is 5.75 Å². The van der Waals surface area contributed by atoms with Gasteiger partial charge in [-0.1, -0.05) is 0 Å². The van der Waals surface area contributed by atoms with Gasteiger partial charge < -0.3 is 10.0 Å². The molecule has 0 aromatic carbocycles. The zero-order valence-corrected chi connectivity index (χ0v) is 8.20. The molecule has 0 saturated carbocycles. The fourth-order valence-corrected chi connectivity index (χ4v) is 1.18. The van der Waals surface area contributed by atoms with Crippen LogP contribution < -0.4 is 0 Å². The lowest BCUT2D eigenvalue weighted by atomic mass is 10.2. The van der Waals surface area contributed by atoms with Crippen LogP contribution >= 0.6 is 0 Å². The minimum Gasteiger partial charge on any atom is -0.506 e. The van der Waals surface area contributed by atoms with Crippen molar-refractivity contribution in [1.82, 2.24) is 9.88 Å². The Morgan fingerprint density at radius 2 is 2.23 bits per heavy atom. The van der Waals surface area contributed by atoms with Gasteiger partial charge in [0, 0.05) is 6.20 Å². The molecule has 0 saturated heterocycles. The molecule has 0 aliphatic carbocycles. The van der Waals surface area contributed by atoms with Crippen LogP contribution in [-0.4, -0.2) is 35.6 Å². The molecule has 0 atom stereocenters. The summed E-state index contributed by atoms with van der Waals surface area (Å²) in [5, 5.41) is 9.40. The zero-order valence-electron chi connectivity index (χ0n) is 8.20. The van der Waals surface area contributed by atoms with Crippen molar-refractivity contribution in [2.75, 3.05) is 20.6 Å². The Morgan fingerprint density at radius 1 is 1.46 bits per heavy atom. The highest BCUT2D eigenvalue weighted by Gasteiger charge is 2.00. The van der Waals surface area contributed by atoms with Gasteiger partial charge in [0.2, 0.25) is 0 Å². The number of aromatic nitrogens is 1. The highest BCUT2D eigenvalue weighted by Crippen LogP contribution is 2.13. The first-order chi connectivity index (χ1) is 6.20. The number of rotatable bonds is 4. The molecule has 1 aromatic heterocycles. The second kappa shape index (κ2) is 4.82. The summed E-state index contributed by atoms with van der Waals surface area (Å²) >= 11 is 0. The van der Waals surface area contributed by atoms with Gasteiger partial charge >= 0.3 is 0 Å². The molecule has 1 heterocycles. The molecule has 0 radical (unpaired) electrons. The first kappa shape index (κ1) is 9.99. The average Bonchev–Trinajstić information content (AvgIpc) is 2.08. The summed E-state index contributed by atoms with van der Waals surface area (Å²) < 4.78 is 0. The quantitative estimate of drug-likeness (QED) is 0.758. The second-order valence-electron chi connectivity index (χ2n) is 3.38. The number of nitrogens with zero attached hydrogens (tertiary/aromatic N) is 2. The van der Waals surface area contributed by atoms with E-state index in [1.165, 1.54) is 0 Å². The van der Waals surface area contributed by atoms with Crippen molar-refractivity contribution in [2.24, 2.45) is 0 Å². The van der Waals surface area contributed by atoms with Gasteiger partial charge in [-0.2, -0.15) is 0 Å². The van der Waals surface area contributed by atoms with E-state index in [4.69, 9.17) is 0 Å². The fourth-order valence-electron chi connectivity index (χ4n) is 1.18. The number of pyridine rings is 1. The molecule has 0 amide bonds. The van der Waals surface area contributed by atoms with Crippen LogP contribution in [-0.2, 0) is 6.42 Å². The van der Waals surface area contributed by atoms with E-state index in [9.17, 15) is 5.11 Å². The van der Waals surface area contributed by atoms with Crippen LogP contribution in [0.15, 0.2) is 18.3 Å². The van der Waals surface area contributed by atoms with E-state index in [0.717, 1.165) is 25.1 Å². The summed E-state index contributed by atoms with van der Waals surface area (Å²) in [6, 6.07) is 3.42. The smallest absolute Gasteiger partial charge is 0.137 e. The third kappa shape index (κ3) is 3.42. The molecule has 0 bridgehead atoms. The van der Waals surface area contributed by atoms with Crippen LogP contribution in [0, 0.1) is 0 Å². The Hall–Kier alpha value is -1.09. The second-order valence-corrected chi connectivity index (χ2v) is 3.38. The molecule has 1 rings (SSSR count). The van der Waals surface area contributed by atoms with E-state index in [0.29, 0.717) is 5.75 Å². The van der Waals surface area contributed by atoms with E-state index in [1.54, 1.807) is 18.3 Å². The van der Waals surface area contributed by atoms with E-state index in [2.05, 4.69) is 9.88 Å². The summed E-state index contributed by atoms with van der Waals surface area (Å²) in [6.07, 6.45) is 3.58. The standard InChI is InChI=1S/C10H16N2O/c1-12(2)8-4-5-9-10(13)6-3-7-11-9/h3,6-7,13H,4-5,8H2,1-2H3. The first-order valence-electron chi connectivity index (χ1n) is 4.47. The summed E-state index contributed by atoms with van der Waals surface area (Å²) in [5.74, 6) is 0.307. The van der Waals surface area contributed by atoms with Crippen molar-refractivity contribution >= 4 is 0 Å². The predicted octanol–water partition coefficient (Wildman–Crippen LogP) is 1.28. The van der Waals surface area contributed by atoms with Crippen molar-refractivity contribution in [3.8, 4) is 5.75 Å². The van der Waals surface area contributed by atoms with Crippen LogP contribution in [0.1, 0.15) is 12.1 Å². The van der Waals surface area contributed by atoms with E-state index in [-0.39, 0.29) is 0 Å². The van der Waals surface area contributed by atoms with Crippen molar-refractivity contribution < 1.29 is 5.11 Å². The lowest BCUT2D eigenvalue weighted by molar-refractivity contribution is 0.396. The predicted molar refractivity (Wildman–Crippen MR) is 52.8 cm³/mol. The number of aryl methyl sites for hydroxylation is 1. The molecule has 13 heavy (non-hydrogen) atoms. The highest BCUT2D eigenvalue weighted by molar-refractivity contribution is 5.24. The minimum absolute atomic E-state index is 0.307. The Kier molecular flexibility index (Phi) is 3.71. The Bertz CT molecular complexity index is 261. The maximum Gasteiger partial charge on any atom is 0.137 e. The monoisotopic (exact) mass is 180 g/mol. The SMILES string of the molecule is CN(C)CCCc1ncccc1O. The van der Waals surface area contributed by atoms with Gasteiger partial charge in [0.15, 0.2) is 0 Å². The molecular formula is C10H16N2O. The normalized spacial score (nSPS) is 10.7. The number of hydrogen-bond acceptors (Lipinski definition) is 3. The lowest BCUT2D eigenvalue weighted by Gasteiger charge is -2.08. The van der Waals surface area contributed by atoms with Crippen LogP contribution in [0.5, 0.6) is 5.75 Å². The highest BCUT2D eigenvalue weighted by atomic mass is 16.3. The van der Waals surface area contributed by atoms with Gasteiger partial charge in [0.25, 0.3) is 0 Å². The largest absolute Gasteiger partial charge is 0.506 e. The van der Waals surface area contributed by atoms with E-state index >= 15 is 0 Å². The third-order valence-corrected chi connectivity index (χ3v) is 1.89.